The van der Waals surface area contributed by atoms with Crippen LogP contribution in [0.3, 0.4) is 0 Å². The zero-order valence-electron chi connectivity index (χ0n) is 17.4. The Hall–Kier alpha value is -3.32. The summed E-state index contributed by atoms with van der Waals surface area (Å²) >= 11 is 1.44. The van der Waals surface area contributed by atoms with Gasteiger partial charge >= 0.3 is 0 Å². The van der Waals surface area contributed by atoms with Crippen LogP contribution >= 0.6 is 11.3 Å². The first kappa shape index (κ1) is 20.9. The van der Waals surface area contributed by atoms with Crippen LogP contribution in [0.5, 0.6) is 11.5 Å². The van der Waals surface area contributed by atoms with E-state index in [1.165, 1.54) is 11.3 Å². The van der Waals surface area contributed by atoms with Gasteiger partial charge in [0.2, 0.25) is 0 Å². The van der Waals surface area contributed by atoms with E-state index in [4.69, 9.17) is 14.5 Å². The number of carbonyl (C=O) groups is 1. The molecule has 4 aromatic rings. The third kappa shape index (κ3) is 5.06. The third-order valence-electron chi connectivity index (χ3n) is 4.97. The summed E-state index contributed by atoms with van der Waals surface area (Å²) in [5.41, 5.74) is 2.06. The van der Waals surface area contributed by atoms with Gasteiger partial charge in [-0.15, -0.1) is 11.3 Å². The van der Waals surface area contributed by atoms with Crippen LogP contribution < -0.4 is 14.8 Å². The van der Waals surface area contributed by atoms with Gasteiger partial charge in [-0.2, -0.15) is 0 Å². The lowest BCUT2D eigenvalue weighted by molar-refractivity contribution is 0.0958. The Morgan fingerprint density at radius 2 is 1.87 bits per heavy atom. The van der Waals surface area contributed by atoms with Crippen molar-refractivity contribution >= 4 is 28.3 Å². The SMILES string of the molecule is COc1ccccc1OCCCn1c(CCNC(=O)c2cccs2)nc2ccccc21. The molecule has 0 saturated carbocycles. The van der Waals surface area contributed by atoms with E-state index in [0.29, 0.717) is 19.6 Å². The summed E-state index contributed by atoms with van der Waals surface area (Å²) in [5, 5.41) is 4.89. The monoisotopic (exact) mass is 435 g/mol. The van der Waals surface area contributed by atoms with Crippen LogP contribution in [-0.2, 0) is 13.0 Å². The van der Waals surface area contributed by atoms with Crippen molar-refractivity contribution in [1.82, 2.24) is 14.9 Å². The minimum Gasteiger partial charge on any atom is -0.493 e. The van der Waals surface area contributed by atoms with Gasteiger partial charge in [-0.1, -0.05) is 30.3 Å². The summed E-state index contributed by atoms with van der Waals surface area (Å²) in [4.78, 5) is 17.7. The molecule has 0 bridgehead atoms. The molecular formula is C24H25N3O3S. The number of para-hydroxylation sites is 4. The van der Waals surface area contributed by atoms with E-state index in [1.54, 1.807) is 7.11 Å². The van der Waals surface area contributed by atoms with Gasteiger partial charge in [0.25, 0.3) is 5.91 Å². The standard InChI is InChI=1S/C24H25N3O3S/c1-29-20-10-4-5-11-21(20)30-16-7-15-27-19-9-3-2-8-18(19)26-23(27)13-14-25-24(28)22-12-6-17-31-22/h2-6,8-12,17H,7,13-16H2,1H3,(H,25,28). The normalized spacial score (nSPS) is 10.9. The lowest BCUT2D eigenvalue weighted by Crippen LogP contribution is -2.25. The van der Waals surface area contributed by atoms with E-state index in [9.17, 15) is 4.79 Å². The molecule has 0 fully saturated rings. The number of fused-ring (bicyclic) bond motifs is 1. The fourth-order valence-electron chi connectivity index (χ4n) is 3.49. The highest BCUT2D eigenvalue weighted by Crippen LogP contribution is 2.26. The zero-order chi connectivity index (χ0) is 21.5. The number of amides is 1. The minimum absolute atomic E-state index is 0.0390. The maximum Gasteiger partial charge on any atom is 0.261 e. The number of benzene rings is 2. The first-order valence-corrected chi connectivity index (χ1v) is 11.2. The van der Waals surface area contributed by atoms with Crippen molar-refractivity contribution in [3.63, 3.8) is 0 Å². The highest BCUT2D eigenvalue weighted by molar-refractivity contribution is 7.12. The molecule has 0 radical (unpaired) electrons. The van der Waals surface area contributed by atoms with Gasteiger partial charge in [-0.25, -0.2) is 4.98 Å². The molecule has 2 aromatic heterocycles. The molecule has 4 rings (SSSR count). The van der Waals surface area contributed by atoms with Crippen LogP contribution in [0.1, 0.15) is 21.9 Å². The number of aryl methyl sites for hydroxylation is 1. The Bertz CT molecular complexity index is 1140. The fraction of sp³-hybridized carbons (Fsp3) is 0.250. The maximum absolute atomic E-state index is 12.2. The number of nitrogens with one attached hydrogen (secondary N) is 1. The number of hydrogen-bond donors (Lipinski definition) is 1. The Balaban J connectivity index is 1.38. The molecule has 1 N–H and O–H groups in total. The second kappa shape index (κ2) is 10.1. The molecule has 0 unspecified atom stereocenters. The van der Waals surface area contributed by atoms with Crippen molar-refractivity contribution in [2.75, 3.05) is 20.3 Å². The molecule has 7 heteroatoms. The topological polar surface area (TPSA) is 65.4 Å². The Kier molecular flexibility index (Phi) is 6.84. The predicted molar refractivity (Wildman–Crippen MR) is 123 cm³/mol. The third-order valence-corrected chi connectivity index (χ3v) is 5.83. The number of ether oxygens (including phenoxy) is 2. The van der Waals surface area contributed by atoms with E-state index in [-0.39, 0.29) is 5.91 Å². The number of carbonyl (C=O) groups excluding carboxylic acids is 1. The summed E-state index contributed by atoms with van der Waals surface area (Å²) in [7, 11) is 1.64. The lowest BCUT2D eigenvalue weighted by atomic mass is 10.3. The molecule has 6 nitrogen and oxygen atoms in total. The van der Waals surface area contributed by atoms with Gasteiger partial charge < -0.3 is 19.4 Å². The van der Waals surface area contributed by atoms with Crippen LogP contribution in [-0.4, -0.2) is 35.7 Å². The van der Waals surface area contributed by atoms with Gasteiger partial charge in [-0.05, 0) is 42.1 Å². The lowest BCUT2D eigenvalue weighted by Gasteiger charge is -2.12. The first-order chi connectivity index (χ1) is 15.3. The highest BCUT2D eigenvalue weighted by Gasteiger charge is 2.12. The molecule has 0 saturated heterocycles. The number of thiophene rings is 1. The first-order valence-electron chi connectivity index (χ1n) is 10.3. The van der Waals surface area contributed by atoms with Gasteiger partial charge in [0.1, 0.15) is 5.82 Å². The predicted octanol–water partition coefficient (Wildman–Crippen LogP) is 4.55. The molecular weight excluding hydrogens is 410 g/mol. The molecule has 160 valence electrons. The summed E-state index contributed by atoms with van der Waals surface area (Å²) in [5.74, 6) is 2.41. The van der Waals surface area contributed by atoms with Crippen LogP contribution in [0, 0.1) is 0 Å². The quantitative estimate of drug-likeness (QED) is 0.371. The van der Waals surface area contributed by atoms with Crippen molar-refractivity contribution in [2.24, 2.45) is 0 Å². The van der Waals surface area contributed by atoms with Gasteiger partial charge in [0.15, 0.2) is 11.5 Å². The van der Waals surface area contributed by atoms with E-state index in [0.717, 1.165) is 46.2 Å². The molecule has 1 amide bonds. The molecule has 0 atom stereocenters. The van der Waals surface area contributed by atoms with Gasteiger partial charge in [0, 0.05) is 19.5 Å². The largest absolute Gasteiger partial charge is 0.493 e. The second-order valence-corrected chi connectivity index (χ2v) is 7.95. The average molecular weight is 436 g/mol. The van der Waals surface area contributed by atoms with Crippen molar-refractivity contribution in [3.8, 4) is 11.5 Å². The van der Waals surface area contributed by atoms with E-state index < -0.39 is 0 Å². The molecule has 2 aromatic carbocycles. The number of nitrogens with zero attached hydrogens (tertiary/aromatic N) is 2. The van der Waals surface area contributed by atoms with Crippen molar-refractivity contribution < 1.29 is 14.3 Å². The van der Waals surface area contributed by atoms with Crippen molar-refractivity contribution in [3.05, 3.63) is 76.7 Å². The summed E-state index contributed by atoms with van der Waals surface area (Å²) in [6, 6.07) is 19.5. The number of methoxy groups -OCH3 is 1. The molecule has 0 spiro atoms. The Labute approximate surface area is 185 Å². The molecule has 2 heterocycles. The fourth-order valence-corrected chi connectivity index (χ4v) is 4.13. The van der Waals surface area contributed by atoms with Crippen LogP contribution in [0.4, 0.5) is 0 Å². The number of hydrogen-bond acceptors (Lipinski definition) is 5. The van der Waals surface area contributed by atoms with E-state index >= 15 is 0 Å². The van der Waals surface area contributed by atoms with E-state index in [2.05, 4.69) is 16.0 Å². The summed E-state index contributed by atoms with van der Waals surface area (Å²) in [6.07, 6.45) is 1.49. The summed E-state index contributed by atoms with van der Waals surface area (Å²) in [6.45, 7) is 1.89. The van der Waals surface area contributed by atoms with Crippen molar-refractivity contribution in [1.29, 1.82) is 0 Å². The number of aromatic nitrogens is 2. The van der Waals surface area contributed by atoms with Gasteiger partial charge in [-0.3, -0.25) is 4.79 Å². The average Bonchev–Trinajstić information content (AvgIpc) is 3.45. The smallest absolute Gasteiger partial charge is 0.261 e. The van der Waals surface area contributed by atoms with Crippen molar-refractivity contribution in [2.45, 2.75) is 19.4 Å². The molecule has 0 aliphatic carbocycles. The van der Waals surface area contributed by atoms with Crippen LogP contribution in [0.25, 0.3) is 11.0 Å². The highest BCUT2D eigenvalue weighted by atomic mass is 32.1. The molecule has 31 heavy (non-hydrogen) atoms. The van der Waals surface area contributed by atoms with Crippen LogP contribution in [0.2, 0.25) is 0 Å². The van der Waals surface area contributed by atoms with E-state index in [1.807, 2.05) is 60.0 Å². The number of imidazole rings is 1. The van der Waals surface area contributed by atoms with Crippen LogP contribution in [0.15, 0.2) is 66.0 Å². The molecule has 0 aliphatic rings. The maximum atomic E-state index is 12.2. The van der Waals surface area contributed by atoms with Gasteiger partial charge in [0.05, 0.1) is 29.6 Å². The second-order valence-electron chi connectivity index (χ2n) is 7.00. The zero-order valence-corrected chi connectivity index (χ0v) is 18.2. The minimum atomic E-state index is -0.0390. The Morgan fingerprint density at radius 1 is 1.06 bits per heavy atom. The Morgan fingerprint density at radius 3 is 2.68 bits per heavy atom. The summed E-state index contributed by atoms with van der Waals surface area (Å²) < 4.78 is 13.5. The molecule has 0 aliphatic heterocycles. The number of rotatable bonds is 10.